The molecule has 120 valence electrons. The standard InChI is InChI=1S/C14H26N4O2S/c1-3-13(9-12-5-6-12)17-21(19,20)14-10-16-18(11-14)8-7-15-4-2/h10-13,15,17H,3-9H2,1-2H3. The van der Waals surface area contributed by atoms with E-state index >= 15 is 0 Å². The first kappa shape index (κ1) is 16.5. The molecule has 1 saturated carbocycles. The van der Waals surface area contributed by atoms with Crippen molar-refractivity contribution in [1.82, 2.24) is 19.8 Å². The van der Waals surface area contributed by atoms with Crippen molar-refractivity contribution >= 4 is 10.0 Å². The van der Waals surface area contributed by atoms with Gasteiger partial charge in [0.1, 0.15) is 4.90 Å². The molecule has 1 aromatic rings. The van der Waals surface area contributed by atoms with E-state index in [1.807, 2.05) is 13.8 Å². The molecular weight excluding hydrogens is 288 g/mol. The number of rotatable bonds is 10. The van der Waals surface area contributed by atoms with Crippen molar-refractivity contribution in [2.75, 3.05) is 13.1 Å². The average Bonchev–Trinajstić information content (AvgIpc) is 3.12. The molecule has 21 heavy (non-hydrogen) atoms. The van der Waals surface area contributed by atoms with Crippen LogP contribution in [0.3, 0.4) is 0 Å². The van der Waals surface area contributed by atoms with Crippen LogP contribution in [0.4, 0.5) is 0 Å². The Morgan fingerprint density at radius 1 is 1.43 bits per heavy atom. The van der Waals surface area contributed by atoms with Crippen LogP contribution in [0.25, 0.3) is 0 Å². The zero-order chi connectivity index (χ0) is 15.3. The van der Waals surface area contributed by atoms with Crippen LogP contribution in [-0.4, -0.2) is 37.3 Å². The molecular formula is C14H26N4O2S. The van der Waals surface area contributed by atoms with Gasteiger partial charge in [0.15, 0.2) is 0 Å². The van der Waals surface area contributed by atoms with Crippen LogP contribution in [0.15, 0.2) is 17.3 Å². The van der Waals surface area contributed by atoms with E-state index in [-0.39, 0.29) is 10.9 Å². The average molecular weight is 314 g/mol. The maximum Gasteiger partial charge on any atom is 0.243 e. The third-order valence-corrected chi connectivity index (χ3v) is 5.29. The van der Waals surface area contributed by atoms with Gasteiger partial charge in [-0.3, -0.25) is 4.68 Å². The number of hydrogen-bond acceptors (Lipinski definition) is 4. The van der Waals surface area contributed by atoms with E-state index < -0.39 is 10.0 Å². The molecule has 1 aromatic heterocycles. The fraction of sp³-hybridized carbons (Fsp3) is 0.786. The predicted molar refractivity (Wildman–Crippen MR) is 82.5 cm³/mol. The summed E-state index contributed by atoms with van der Waals surface area (Å²) in [6.07, 6.45) is 7.28. The number of nitrogens with one attached hydrogen (secondary N) is 2. The van der Waals surface area contributed by atoms with E-state index in [0.717, 1.165) is 25.9 Å². The fourth-order valence-electron chi connectivity index (χ4n) is 2.32. The molecule has 0 amide bonds. The molecule has 0 bridgehead atoms. The Morgan fingerprint density at radius 3 is 2.81 bits per heavy atom. The first-order valence-electron chi connectivity index (χ1n) is 7.80. The van der Waals surface area contributed by atoms with Crippen molar-refractivity contribution in [2.24, 2.45) is 5.92 Å². The Labute approximate surface area is 127 Å². The summed E-state index contributed by atoms with van der Waals surface area (Å²) in [7, 11) is -3.45. The van der Waals surface area contributed by atoms with Crippen molar-refractivity contribution < 1.29 is 8.42 Å². The highest BCUT2D eigenvalue weighted by Crippen LogP contribution is 2.34. The van der Waals surface area contributed by atoms with Crippen molar-refractivity contribution in [1.29, 1.82) is 0 Å². The smallest absolute Gasteiger partial charge is 0.243 e. The summed E-state index contributed by atoms with van der Waals surface area (Å²) in [5.41, 5.74) is 0. The van der Waals surface area contributed by atoms with Crippen LogP contribution in [0, 0.1) is 5.92 Å². The van der Waals surface area contributed by atoms with Gasteiger partial charge < -0.3 is 5.32 Å². The van der Waals surface area contributed by atoms with Crippen LogP contribution in [0.2, 0.25) is 0 Å². The van der Waals surface area contributed by atoms with Crippen LogP contribution < -0.4 is 10.0 Å². The van der Waals surface area contributed by atoms with Crippen LogP contribution in [0.1, 0.15) is 39.5 Å². The normalized spacial score (nSPS) is 17.0. The van der Waals surface area contributed by atoms with Gasteiger partial charge in [0.25, 0.3) is 0 Å². The maximum atomic E-state index is 12.4. The van der Waals surface area contributed by atoms with E-state index in [1.165, 1.54) is 19.0 Å². The molecule has 0 saturated heterocycles. The maximum absolute atomic E-state index is 12.4. The molecule has 2 rings (SSSR count). The highest BCUT2D eigenvalue weighted by molar-refractivity contribution is 7.89. The van der Waals surface area contributed by atoms with Gasteiger partial charge in [0.2, 0.25) is 10.0 Å². The molecule has 2 N–H and O–H groups in total. The quantitative estimate of drug-likeness (QED) is 0.639. The summed E-state index contributed by atoms with van der Waals surface area (Å²) in [5, 5.41) is 7.31. The predicted octanol–water partition coefficient (Wildman–Crippen LogP) is 1.35. The number of nitrogens with zero attached hydrogens (tertiary/aromatic N) is 2. The molecule has 0 aromatic carbocycles. The zero-order valence-electron chi connectivity index (χ0n) is 12.9. The molecule has 6 nitrogen and oxygen atoms in total. The second-order valence-corrected chi connectivity index (χ2v) is 7.41. The summed E-state index contributed by atoms with van der Waals surface area (Å²) in [4.78, 5) is 0.258. The molecule has 0 radical (unpaired) electrons. The first-order valence-corrected chi connectivity index (χ1v) is 9.29. The summed E-state index contributed by atoms with van der Waals surface area (Å²) in [6.45, 7) is 6.41. The summed E-state index contributed by atoms with van der Waals surface area (Å²) in [6, 6.07) is 0.0348. The van der Waals surface area contributed by atoms with Gasteiger partial charge in [-0.2, -0.15) is 5.10 Å². The van der Waals surface area contributed by atoms with E-state index in [1.54, 1.807) is 10.9 Å². The lowest BCUT2D eigenvalue weighted by atomic mass is 10.1. The molecule has 1 fully saturated rings. The highest BCUT2D eigenvalue weighted by atomic mass is 32.2. The molecule has 1 aliphatic rings. The first-order chi connectivity index (χ1) is 10.0. The number of sulfonamides is 1. The third-order valence-electron chi connectivity index (χ3n) is 3.82. The van der Waals surface area contributed by atoms with Crippen molar-refractivity contribution in [3.05, 3.63) is 12.4 Å². The topological polar surface area (TPSA) is 76.0 Å². The summed E-state index contributed by atoms with van der Waals surface area (Å²) >= 11 is 0. The van der Waals surface area contributed by atoms with Crippen molar-refractivity contribution in [3.63, 3.8) is 0 Å². The Hall–Kier alpha value is -0.920. The van der Waals surface area contributed by atoms with Crippen molar-refractivity contribution in [2.45, 2.75) is 57.0 Å². The second kappa shape index (κ2) is 7.38. The van der Waals surface area contributed by atoms with Gasteiger partial charge in [-0.05, 0) is 25.3 Å². The minimum Gasteiger partial charge on any atom is -0.315 e. The van der Waals surface area contributed by atoms with Gasteiger partial charge in [-0.15, -0.1) is 0 Å². The molecule has 1 aliphatic carbocycles. The molecule has 0 aliphatic heterocycles. The summed E-state index contributed by atoms with van der Waals surface area (Å²) < 4.78 is 29.2. The summed E-state index contributed by atoms with van der Waals surface area (Å²) in [5.74, 6) is 0.709. The van der Waals surface area contributed by atoms with Crippen LogP contribution >= 0.6 is 0 Å². The second-order valence-electron chi connectivity index (χ2n) is 5.70. The van der Waals surface area contributed by atoms with Gasteiger partial charge in [0.05, 0.1) is 12.7 Å². The lowest BCUT2D eigenvalue weighted by Crippen LogP contribution is -2.34. The van der Waals surface area contributed by atoms with Gasteiger partial charge in [0, 0.05) is 18.8 Å². The number of likely N-dealkylation sites (N-methyl/N-ethyl adjacent to an activating group) is 1. The lowest BCUT2D eigenvalue weighted by Gasteiger charge is -2.15. The molecule has 1 atom stereocenters. The SMILES string of the molecule is CCNCCn1cc(S(=O)(=O)NC(CC)CC2CC2)cn1. The molecule has 0 spiro atoms. The van der Waals surface area contributed by atoms with E-state index in [9.17, 15) is 8.42 Å². The van der Waals surface area contributed by atoms with Crippen molar-refractivity contribution in [3.8, 4) is 0 Å². The largest absolute Gasteiger partial charge is 0.315 e. The Balaban J connectivity index is 1.94. The minimum absolute atomic E-state index is 0.0348. The van der Waals surface area contributed by atoms with E-state index in [4.69, 9.17) is 0 Å². The highest BCUT2D eigenvalue weighted by Gasteiger charge is 2.28. The molecule has 1 heterocycles. The lowest BCUT2D eigenvalue weighted by molar-refractivity contribution is 0.495. The Morgan fingerprint density at radius 2 is 2.19 bits per heavy atom. The zero-order valence-corrected chi connectivity index (χ0v) is 13.7. The fourth-order valence-corrected chi connectivity index (χ4v) is 3.60. The monoisotopic (exact) mass is 314 g/mol. The molecule has 1 unspecified atom stereocenters. The van der Waals surface area contributed by atoms with Crippen LogP contribution in [-0.2, 0) is 16.6 Å². The number of hydrogen-bond donors (Lipinski definition) is 2. The molecule has 7 heteroatoms. The van der Waals surface area contributed by atoms with E-state index in [0.29, 0.717) is 12.5 Å². The Kier molecular flexibility index (Phi) is 5.78. The Bertz CT molecular complexity index is 537. The van der Waals surface area contributed by atoms with E-state index in [2.05, 4.69) is 15.1 Å². The number of aromatic nitrogens is 2. The minimum atomic E-state index is -3.45. The van der Waals surface area contributed by atoms with Gasteiger partial charge in [-0.1, -0.05) is 26.7 Å². The van der Waals surface area contributed by atoms with Gasteiger partial charge >= 0.3 is 0 Å². The third kappa shape index (κ3) is 5.09. The van der Waals surface area contributed by atoms with Crippen LogP contribution in [0.5, 0.6) is 0 Å². The van der Waals surface area contributed by atoms with Gasteiger partial charge in [-0.25, -0.2) is 13.1 Å².